The molecule has 0 aromatic heterocycles. The van der Waals surface area contributed by atoms with E-state index >= 15 is 0 Å². The molecule has 0 radical (unpaired) electrons. The quantitative estimate of drug-likeness (QED) is 0.261. The maximum Gasteiger partial charge on any atom is 0.287 e. The number of fused-ring (bicyclic) bond motifs is 1. The molecule has 0 saturated heterocycles. The first-order valence-corrected chi connectivity index (χ1v) is 13.8. The predicted molar refractivity (Wildman–Crippen MR) is 142 cm³/mol. The molecule has 1 aromatic rings. The van der Waals surface area contributed by atoms with Crippen LogP contribution in [0.5, 0.6) is 5.75 Å². The normalized spacial score (nSPS) is 17.3. The molecule has 3 N–H and O–H groups in total. The molecule has 1 fully saturated rings. The van der Waals surface area contributed by atoms with Gasteiger partial charge in [0.25, 0.3) is 5.91 Å². The fourth-order valence-corrected chi connectivity index (χ4v) is 4.99. The van der Waals surface area contributed by atoms with Crippen LogP contribution in [0.3, 0.4) is 0 Å². The third kappa shape index (κ3) is 9.11. The molecule has 1 saturated carbocycles. The molecule has 1 unspecified atom stereocenters. The Morgan fingerprint density at radius 3 is 2.62 bits per heavy atom. The Labute approximate surface area is 220 Å². The number of Topliss-reactive ketones (excluding diaryl/α,β-unsaturated/α-hetero) is 1. The molecule has 8 heteroatoms. The topological polar surface area (TPSA) is 114 Å². The minimum absolute atomic E-state index is 0.139. The van der Waals surface area contributed by atoms with Gasteiger partial charge in [-0.1, -0.05) is 57.2 Å². The lowest BCUT2D eigenvalue weighted by atomic mass is 9.87. The van der Waals surface area contributed by atoms with Gasteiger partial charge in [-0.2, -0.15) is 0 Å². The minimum Gasteiger partial charge on any atom is -0.452 e. The third-order valence-corrected chi connectivity index (χ3v) is 7.22. The van der Waals surface area contributed by atoms with E-state index in [1.165, 1.54) is 32.1 Å². The van der Waals surface area contributed by atoms with Crippen LogP contribution in [0.4, 0.5) is 0 Å². The Balaban J connectivity index is 1.51. The molecule has 0 spiro atoms. The minimum atomic E-state index is -0.832. The molecular formula is C29H41N3O5. The van der Waals surface area contributed by atoms with E-state index in [0.717, 1.165) is 37.2 Å². The summed E-state index contributed by atoms with van der Waals surface area (Å²) in [5, 5.41) is 8.72. The van der Waals surface area contributed by atoms with Crippen molar-refractivity contribution < 1.29 is 23.9 Å². The number of rotatable bonds is 14. The van der Waals surface area contributed by atoms with Crippen molar-refractivity contribution in [3.63, 3.8) is 0 Å². The summed E-state index contributed by atoms with van der Waals surface area (Å²) in [7, 11) is 0. The molecular weight excluding hydrogens is 470 g/mol. The number of carbonyl (C=O) groups excluding carboxylic acids is 4. The Hall–Kier alpha value is -3.00. The summed E-state index contributed by atoms with van der Waals surface area (Å²) < 4.78 is 5.83. The molecule has 2 amide bonds. The van der Waals surface area contributed by atoms with E-state index in [2.05, 4.69) is 16.0 Å². The van der Waals surface area contributed by atoms with Gasteiger partial charge in [-0.05, 0) is 62.3 Å². The number of ketones is 1. The van der Waals surface area contributed by atoms with Gasteiger partial charge < -0.3 is 25.5 Å². The lowest BCUT2D eigenvalue weighted by molar-refractivity contribution is -0.131. The van der Waals surface area contributed by atoms with E-state index in [4.69, 9.17) is 4.74 Å². The lowest BCUT2D eigenvalue weighted by Gasteiger charge is -2.23. The number of ether oxygens (including phenoxy) is 1. The summed E-state index contributed by atoms with van der Waals surface area (Å²) in [6, 6.07) is 5.95. The zero-order valence-electron chi connectivity index (χ0n) is 21.9. The zero-order valence-corrected chi connectivity index (χ0v) is 21.9. The standard InChI is InChI=1S/C29H41N3O5/c1-2-23(31-29(36)27-16-8-13-22-12-6-7-15-26(22)37-27)28(35)32-24(14-9-19-33)25(34)20-30-18-17-21-10-4-3-5-11-21/h6-7,12,15-16,19,21,23-24,30H,2-5,8-11,13-14,17-18,20H2,1H3,(H,31,36)(H,32,35)/t23?,24-/m0/s1. The number of para-hydroxylation sites is 1. The van der Waals surface area contributed by atoms with E-state index in [1.807, 2.05) is 24.3 Å². The van der Waals surface area contributed by atoms with Crippen LogP contribution in [0.25, 0.3) is 0 Å². The second-order valence-electron chi connectivity index (χ2n) is 9.99. The Morgan fingerprint density at radius 2 is 1.86 bits per heavy atom. The molecule has 2 aliphatic rings. The number of hydrogen-bond acceptors (Lipinski definition) is 6. The van der Waals surface area contributed by atoms with Crippen molar-refractivity contribution in [3.05, 3.63) is 41.7 Å². The van der Waals surface area contributed by atoms with E-state index in [0.29, 0.717) is 18.6 Å². The molecule has 1 aromatic carbocycles. The van der Waals surface area contributed by atoms with Gasteiger partial charge in [0.2, 0.25) is 5.91 Å². The van der Waals surface area contributed by atoms with Crippen molar-refractivity contribution in [2.45, 2.75) is 89.6 Å². The first kappa shape index (κ1) is 28.6. The number of benzene rings is 1. The Morgan fingerprint density at radius 1 is 1.08 bits per heavy atom. The van der Waals surface area contributed by atoms with E-state index in [1.54, 1.807) is 13.0 Å². The SMILES string of the molecule is CCC(NC(=O)C1=CCCc2ccccc2O1)C(=O)N[C@@H](CCC=O)C(=O)CNCCC1CCCCC1. The number of nitrogens with one attached hydrogen (secondary N) is 3. The smallest absolute Gasteiger partial charge is 0.287 e. The maximum atomic E-state index is 13.0. The molecule has 2 atom stereocenters. The maximum absolute atomic E-state index is 13.0. The summed E-state index contributed by atoms with van der Waals surface area (Å²) >= 11 is 0. The van der Waals surface area contributed by atoms with Gasteiger partial charge in [-0.3, -0.25) is 14.4 Å². The van der Waals surface area contributed by atoms with Crippen LogP contribution in [0.15, 0.2) is 36.1 Å². The molecule has 1 heterocycles. The molecule has 37 heavy (non-hydrogen) atoms. The van der Waals surface area contributed by atoms with Crippen LogP contribution >= 0.6 is 0 Å². The second-order valence-corrected chi connectivity index (χ2v) is 9.99. The van der Waals surface area contributed by atoms with Gasteiger partial charge in [0.15, 0.2) is 11.5 Å². The highest BCUT2D eigenvalue weighted by atomic mass is 16.5. The summed E-state index contributed by atoms with van der Waals surface area (Å²) in [5.74, 6) is 0.431. The second kappa shape index (κ2) is 15.3. The van der Waals surface area contributed by atoms with Crippen LogP contribution in [-0.2, 0) is 25.6 Å². The molecule has 1 aliphatic heterocycles. The highest BCUT2D eigenvalue weighted by molar-refractivity contribution is 5.97. The summed E-state index contributed by atoms with van der Waals surface area (Å²) in [6.45, 7) is 2.69. The number of aryl methyl sites for hydroxylation is 1. The largest absolute Gasteiger partial charge is 0.452 e. The molecule has 3 rings (SSSR count). The molecule has 1 aliphatic carbocycles. The van der Waals surface area contributed by atoms with Gasteiger partial charge in [0.05, 0.1) is 12.6 Å². The van der Waals surface area contributed by atoms with E-state index in [9.17, 15) is 19.2 Å². The first-order chi connectivity index (χ1) is 18.0. The van der Waals surface area contributed by atoms with Crippen molar-refractivity contribution in [1.29, 1.82) is 0 Å². The monoisotopic (exact) mass is 511 g/mol. The van der Waals surface area contributed by atoms with E-state index in [-0.39, 0.29) is 30.9 Å². The molecule has 202 valence electrons. The lowest BCUT2D eigenvalue weighted by Crippen LogP contribution is -2.53. The van der Waals surface area contributed by atoms with Gasteiger partial charge in [-0.25, -0.2) is 0 Å². The van der Waals surface area contributed by atoms with Crippen molar-refractivity contribution in [2.75, 3.05) is 13.1 Å². The average molecular weight is 512 g/mol. The van der Waals surface area contributed by atoms with Crippen LogP contribution in [0.2, 0.25) is 0 Å². The Bertz CT molecular complexity index is 955. The van der Waals surface area contributed by atoms with Crippen LogP contribution < -0.4 is 20.7 Å². The summed E-state index contributed by atoms with van der Waals surface area (Å²) in [6.07, 6.45) is 12.1. The number of carbonyl (C=O) groups is 4. The van der Waals surface area contributed by atoms with Gasteiger partial charge >= 0.3 is 0 Å². The van der Waals surface area contributed by atoms with Crippen molar-refractivity contribution >= 4 is 23.9 Å². The Kier molecular flexibility index (Phi) is 11.8. The van der Waals surface area contributed by atoms with Crippen molar-refractivity contribution in [1.82, 2.24) is 16.0 Å². The molecule has 0 bridgehead atoms. The van der Waals surface area contributed by atoms with Crippen molar-refractivity contribution in [3.8, 4) is 5.75 Å². The fourth-order valence-electron chi connectivity index (χ4n) is 4.99. The fraction of sp³-hybridized carbons (Fsp3) is 0.586. The van der Waals surface area contributed by atoms with Crippen LogP contribution in [0.1, 0.15) is 76.7 Å². The van der Waals surface area contributed by atoms with E-state index < -0.39 is 23.9 Å². The van der Waals surface area contributed by atoms with Crippen molar-refractivity contribution in [2.24, 2.45) is 5.92 Å². The van der Waals surface area contributed by atoms with Crippen LogP contribution in [0, 0.1) is 5.92 Å². The summed E-state index contributed by atoms with van der Waals surface area (Å²) in [4.78, 5) is 49.8. The summed E-state index contributed by atoms with van der Waals surface area (Å²) in [5.41, 5.74) is 1.02. The first-order valence-electron chi connectivity index (χ1n) is 13.8. The average Bonchev–Trinajstić information content (AvgIpc) is 3.15. The van der Waals surface area contributed by atoms with Gasteiger partial charge in [0.1, 0.15) is 18.1 Å². The number of aldehydes is 1. The number of amides is 2. The van der Waals surface area contributed by atoms with Gasteiger partial charge in [0, 0.05) is 6.42 Å². The zero-order chi connectivity index (χ0) is 26.5. The predicted octanol–water partition coefficient (Wildman–Crippen LogP) is 3.38. The number of hydrogen-bond donors (Lipinski definition) is 3. The number of allylic oxidation sites excluding steroid dienone is 1. The molecule has 8 nitrogen and oxygen atoms in total. The highest BCUT2D eigenvalue weighted by Gasteiger charge is 2.27. The highest BCUT2D eigenvalue weighted by Crippen LogP contribution is 2.26. The third-order valence-electron chi connectivity index (χ3n) is 7.22. The van der Waals surface area contributed by atoms with Crippen LogP contribution in [-0.4, -0.2) is 49.1 Å². The van der Waals surface area contributed by atoms with Gasteiger partial charge in [-0.15, -0.1) is 0 Å².